The van der Waals surface area contributed by atoms with Crippen LogP contribution in [0.15, 0.2) is 29.2 Å². The fourth-order valence-electron chi connectivity index (χ4n) is 1.75. The highest BCUT2D eigenvalue weighted by atomic mass is 32.2. The van der Waals surface area contributed by atoms with E-state index in [0.717, 1.165) is 0 Å². The number of amides is 1. The van der Waals surface area contributed by atoms with Crippen LogP contribution in [0, 0.1) is 16.7 Å². The van der Waals surface area contributed by atoms with Crippen molar-refractivity contribution in [1.82, 2.24) is 5.32 Å². The van der Waals surface area contributed by atoms with E-state index < -0.39 is 23.3 Å². The lowest BCUT2D eigenvalue weighted by Crippen LogP contribution is -2.49. The summed E-state index contributed by atoms with van der Waals surface area (Å²) in [5, 5.41) is 20.4. The van der Waals surface area contributed by atoms with Crippen molar-refractivity contribution < 1.29 is 14.7 Å². The van der Waals surface area contributed by atoms with E-state index in [2.05, 4.69) is 5.32 Å². The van der Waals surface area contributed by atoms with Crippen LogP contribution in [0.25, 0.3) is 0 Å². The van der Waals surface area contributed by atoms with Crippen LogP contribution in [0.3, 0.4) is 0 Å². The smallest absolute Gasteiger partial charge is 0.326 e. The number of rotatable bonds is 5. The quantitative estimate of drug-likeness (QED) is 0.816. The third kappa shape index (κ3) is 4.80. The molecule has 2 N–H and O–H groups in total. The Hall–Kier alpha value is -2.00. The fraction of sp³-hybridized carbons (Fsp3) is 0.400. The van der Waals surface area contributed by atoms with Crippen LogP contribution in [0.5, 0.6) is 0 Å². The molecule has 1 unspecified atom stereocenters. The Kier molecular flexibility index (Phi) is 5.79. The molecule has 0 saturated carbocycles. The number of benzene rings is 1. The number of carbonyl (C=O) groups excluding carboxylic acids is 1. The number of carboxylic acid groups (broad SMARTS) is 1. The van der Waals surface area contributed by atoms with E-state index in [4.69, 9.17) is 5.26 Å². The maximum atomic E-state index is 12.3. The highest BCUT2D eigenvalue weighted by molar-refractivity contribution is 7.99. The lowest BCUT2D eigenvalue weighted by molar-refractivity contribution is -0.142. The predicted octanol–water partition coefficient (Wildman–Crippen LogP) is 2.53. The molecule has 0 aromatic heterocycles. The van der Waals surface area contributed by atoms with E-state index >= 15 is 0 Å². The van der Waals surface area contributed by atoms with Crippen LogP contribution in [0.4, 0.5) is 0 Å². The van der Waals surface area contributed by atoms with Crippen molar-refractivity contribution in [2.45, 2.75) is 31.7 Å². The number of nitriles is 1. The van der Waals surface area contributed by atoms with Gasteiger partial charge in [0.25, 0.3) is 5.91 Å². The monoisotopic (exact) mass is 306 g/mol. The van der Waals surface area contributed by atoms with Gasteiger partial charge in [0.05, 0.1) is 17.4 Å². The first kappa shape index (κ1) is 17.1. The lowest BCUT2D eigenvalue weighted by atomic mass is 9.86. The summed E-state index contributed by atoms with van der Waals surface area (Å²) in [4.78, 5) is 24.3. The highest BCUT2D eigenvalue weighted by Crippen LogP contribution is 2.24. The van der Waals surface area contributed by atoms with Gasteiger partial charge < -0.3 is 10.4 Å². The largest absolute Gasteiger partial charge is 0.480 e. The van der Waals surface area contributed by atoms with Gasteiger partial charge in [0.15, 0.2) is 0 Å². The first-order valence-electron chi connectivity index (χ1n) is 6.40. The van der Waals surface area contributed by atoms with Gasteiger partial charge in [-0.05, 0) is 17.5 Å². The van der Waals surface area contributed by atoms with E-state index in [0.29, 0.717) is 10.5 Å². The molecular weight excluding hydrogens is 288 g/mol. The van der Waals surface area contributed by atoms with Crippen LogP contribution in [0.1, 0.15) is 31.1 Å². The number of aliphatic carboxylic acids is 1. The molecule has 0 heterocycles. The van der Waals surface area contributed by atoms with E-state index in [1.54, 1.807) is 45.0 Å². The molecule has 6 heteroatoms. The zero-order chi connectivity index (χ0) is 16.0. The molecule has 5 nitrogen and oxygen atoms in total. The van der Waals surface area contributed by atoms with Gasteiger partial charge in [-0.25, -0.2) is 4.79 Å². The zero-order valence-corrected chi connectivity index (χ0v) is 13.0. The minimum absolute atomic E-state index is 0.228. The normalized spacial score (nSPS) is 12.3. The summed E-state index contributed by atoms with van der Waals surface area (Å²) in [5.41, 5.74) is -0.218. The molecule has 1 atom stereocenters. The zero-order valence-electron chi connectivity index (χ0n) is 12.2. The van der Waals surface area contributed by atoms with Gasteiger partial charge in [-0.15, -0.1) is 11.8 Å². The minimum atomic E-state index is -1.07. The van der Waals surface area contributed by atoms with Gasteiger partial charge in [0.1, 0.15) is 6.04 Å². The number of thioether (sulfide) groups is 1. The number of hydrogen-bond acceptors (Lipinski definition) is 4. The summed E-state index contributed by atoms with van der Waals surface area (Å²) in [6, 6.07) is 7.86. The van der Waals surface area contributed by atoms with Crippen molar-refractivity contribution in [2.75, 3.05) is 5.75 Å². The van der Waals surface area contributed by atoms with Gasteiger partial charge in [-0.1, -0.05) is 32.9 Å². The van der Waals surface area contributed by atoms with E-state index in [9.17, 15) is 14.7 Å². The molecule has 1 aromatic rings. The number of carbonyl (C=O) groups is 2. The summed E-state index contributed by atoms with van der Waals surface area (Å²) in [5.74, 6) is -1.29. The second-order valence-corrected chi connectivity index (χ2v) is 6.57. The van der Waals surface area contributed by atoms with Crippen molar-refractivity contribution in [3.05, 3.63) is 29.8 Å². The number of carboxylic acids is 1. The SMILES string of the molecule is CC(C)(C)C(NC(=O)c1ccccc1SCC#N)C(=O)O. The van der Waals surface area contributed by atoms with Crippen LogP contribution >= 0.6 is 11.8 Å². The lowest BCUT2D eigenvalue weighted by Gasteiger charge is -2.28. The van der Waals surface area contributed by atoms with Gasteiger partial charge >= 0.3 is 5.97 Å². The number of nitrogens with one attached hydrogen (secondary N) is 1. The molecule has 1 amide bonds. The van der Waals surface area contributed by atoms with E-state index in [-0.39, 0.29) is 5.75 Å². The van der Waals surface area contributed by atoms with Gasteiger partial charge in [0.2, 0.25) is 0 Å². The van der Waals surface area contributed by atoms with Crippen LogP contribution in [-0.4, -0.2) is 28.8 Å². The fourth-order valence-corrected chi connectivity index (χ4v) is 2.46. The molecule has 0 bridgehead atoms. The Balaban J connectivity index is 2.99. The Morgan fingerprint density at radius 1 is 1.38 bits per heavy atom. The third-order valence-electron chi connectivity index (χ3n) is 2.81. The molecule has 0 spiro atoms. The van der Waals surface area contributed by atoms with Crippen molar-refractivity contribution in [2.24, 2.45) is 5.41 Å². The molecule has 1 rings (SSSR count). The molecule has 1 aromatic carbocycles. The topological polar surface area (TPSA) is 90.2 Å². The third-order valence-corrected chi connectivity index (χ3v) is 3.75. The summed E-state index contributed by atoms with van der Waals surface area (Å²) in [7, 11) is 0. The predicted molar refractivity (Wildman–Crippen MR) is 81.1 cm³/mol. The minimum Gasteiger partial charge on any atom is -0.480 e. The molecule has 0 fully saturated rings. The van der Waals surface area contributed by atoms with Gasteiger partial charge in [-0.2, -0.15) is 5.26 Å². The van der Waals surface area contributed by atoms with Crippen molar-refractivity contribution in [1.29, 1.82) is 5.26 Å². The standard InChI is InChI=1S/C15H18N2O3S/c1-15(2,3)12(14(19)20)17-13(18)10-6-4-5-7-11(10)21-9-8-16/h4-7,12H,9H2,1-3H3,(H,17,18)(H,19,20). The van der Waals surface area contributed by atoms with Gasteiger partial charge in [-0.3, -0.25) is 4.79 Å². The van der Waals surface area contributed by atoms with Crippen LogP contribution in [-0.2, 0) is 4.79 Å². The average Bonchev–Trinajstić information content (AvgIpc) is 2.40. The van der Waals surface area contributed by atoms with E-state index in [1.165, 1.54) is 11.8 Å². The van der Waals surface area contributed by atoms with Crippen LogP contribution < -0.4 is 5.32 Å². The van der Waals surface area contributed by atoms with Crippen molar-refractivity contribution >= 4 is 23.6 Å². The summed E-state index contributed by atoms with van der Waals surface area (Å²) in [6.07, 6.45) is 0. The number of nitrogens with zero attached hydrogens (tertiary/aromatic N) is 1. The maximum absolute atomic E-state index is 12.3. The molecular formula is C15H18N2O3S. The maximum Gasteiger partial charge on any atom is 0.326 e. The molecule has 21 heavy (non-hydrogen) atoms. The van der Waals surface area contributed by atoms with Crippen molar-refractivity contribution in [3.8, 4) is 6.07 Å². The first-order chi connectivity index (χ1) is 9.77. The Bertz CT molecular complexity index is 573. The highest BCUT2D eigenvalue weighted by Gasteiger charge is 2.33. The summed E-state index contributed by atoms with van der Waals surface area (Å²) < 4.78 is 0. The average molecular weight is 306 g/mol. The molecule has 0 radical (unpaired) electrons. The number of hydrogen-bond donors (Lipinski definition) is 2. The Labute approximate surface area is 128 Å². The van der Waals surface area contributed by atoms with Gasteiger partial charge in [0, 0.05) is 4.90 Å². The van der Waals surface area contributed by atoms with E-state index in [1.807, 2.05) is 6.07 Å². The Morgan fingerprint density at radius 3 is 2.52 bits per heavy atom. The van der Waals surface area contributed by atoms with Crippen molar-refractivity contribution in [3.63, 3.8) is 0 Å². The first-order valence-corrected chi connectivity index (χ1v) is 7.38. The molecule has 112 valence electrons. The summed E-state index contributed by atoms with van der Waals surface area (Å²) >= 11 is 1.25. The second-order valence-electron chi connectivity index (χ2n) is 5.55. The molecule has 0 aliphatic rings. The second kappa shape index (κ2) is 7.14. The molecule has 0 saturated heterocycles. The molecule has 0 aliphatic carbocycles. The van der Waals surface area contributed by atoms with Crippen LogP contribution in [0.2, 0.25) is 0 Å². The summed E-state index contributed by atoms with van der Waals surface area (Å²) in [6.45, 7) is 5.26. The molecule has 0 aliphatic heterocycles. The Morgan fingerprint density at radius 2 is 2.00 bits per heavy atom.